The summed E-state index contributed by atoms with van der Waals surface area (Å²) in [6.45, 7) is 9.92. The van der Waals surface area contributed by atoms with Gasteiger partial charge in [-0.05, 0) is 44.0 Å². The number of aryl methyl sites for hydroxylation is 2. The van der Waals surface area contributed by atoms with Gasteiger partial charge in [-0.25, -0.2) is 0 Å². The highest BCUT2D eigenvalue weighted by Gasteiger charge is 2.15. The minimum atomic E-state index is -0.471. The van der Waals surface area contributed by atoms with E-state index in [4.69, 9.17) is 16.3 Å². The average molecular weight is 309 g/mol. The van der Waals surface area contributed by atoms with E-state index in [2.05, 4.69) is 14.2 Å². The zero-order valence-corrected chi connectivity index (χ0v) is 14.2. The molecule has 3 nitrogen and oxygen atoms in total. The summed E-state index contributed by atoms with van der Waals surface area (Å²) in [6.07, 6.45) is 2.14. The zero-order valence-electron chi connectivity index (χ0n) is 13.4. The molecule has 0 aliphatic carbocycles. The molecule has 0 unspecified atom stereocenters. The fourth-order valence-corrected chi connectivity index (χ4v) is 2.57. The number of ether oxygens (including phenoxy) is 1. The van der Waals surface area contributed by atoms with Crippen LogP contribution < -0.4 is 10.4 Å². The average Bonchev–Trinajstić information content (AvgIpc) is 2.42. The SMILES string of the molecule is C[B]c1c(C)cc(N(CCOCCCC)C(=O)Cl)cc1C. The van der Waals surface area contributed by atoms with Crippen molar-refractivity contribution in [3.63, 3.8) is 0 Å². The van der Waals surface area contributed by atoms with Gasteiger partial charge in [0.15, 0.2) is 0 Å². The predicted molar refractivity (Wildman–Crippen MR) is 91.5 cm³/mol. The van der Waals surface area contributed by atoms with Gasteiger partial charge in [0.25, 0.3) is 0 Å². The van der Waals surface area contributed by atoms with Crippen LogP contribution in [0.5, 0.6) is 0 Å². The largest absolute Gasteiger partial charge is 0.380 e. The Kier molecular flexibility index (Phi) is 7.83. The van der Waals surface area contributed by atoms with Crippen molar-refractivity contribution < 1.29 is 9.53 Å². The molecule has 0 aliphatic rings. The highest BCUT2D eigenvalue weighted by atomic mass is 35.5. The van der Waals surface area contributed by atoms with Crippen molar-refractivity contribution in [3.8, 4) is 0 Å². The van der Waals surface area contributed by atoms with Gasteiger partial charge in [0.05, 0.1) is 13.2 Å². The molecule has 1 aromatic rings. The second-order valence-electron chi connectivity index (χ2n) is 5.15. The van der Waals surface area contributed by atoms with E-state index >= 15 is 0 Å². The van der Waals surface area contributed by atoms with Gasteiger partial charge in [0, 0.05) is 12.3 Å². The lowest BCUT2D eigenvalue weighted by molar-refractivity contribution is 0.138. The van der Waals surface area contributed by atoms with E-state index in [0.29, 0.717) is 13.2 Å². The highest BCUT2D eigenvalue weighted by molar-refractivity contribution is 6.66. The molecule has 0 fully saturated rings. The normalized spacial score (nSPS) is 10.5. The fraction of sp³-hybridized carbons (Fsp3) is 0.562. The van der Waals surface area contributed by atoms with Gasteiger partial charge in [0.1, 0.15) is 7.28 Å². The first kappa shape index (κ1) is 18.1. The number of unbranched alkanes of at least 4 members (excludes halogenated alkanes) is 1. The summed E-state index contributed by atoms with van der Waals surface area (Å²) in [5, 5.41) is -0.471. The summed E-state index contributed by atoms with van der Waals surface area (Å²) in [7, 11) is 2.08. The number of benzene rings is 1. The maximum atomic E-state index is 11.7. The lowest BCUT2D eigenvalue weighted by Crippen LogP contribution is -2.31. The Morgan fingerprint density at radius 2 is 1.90 bits per heavy atom. The maximum absolute atomic E-state index is 11.7. The monoisotopic (exact) mass is 308 g/mol. The number of rotatable bonds is 8. The molecule has 1 rings (SSSR count). The number of anilines is 1. The highest BCUT2D eigenvalue weighted by Crippen LogP contribution is 2.19. The molecule has 0 heterocycles. The summed E-state index contributed by atoms with van der Waals surface area (Å²) < 4.78 is 5.52. The van der Waals surface area contributed by atoms with Crippen molar-refractivity contribution in [2.75, 3.05) is 24.7 Å². The number of nitrogens with zero attached hydrogens (tertiary/aromatic N) is 1. The summed E-state index contributed by atoms with van der Waals surface area (Å²) in [5.74, 6) is 0. The van der Waals surface area contributed by atoms with Crippen LogP contribution in [0.15, 0.2) is 12.1 Å². The maximum Gasteiger partial charge on any atom is 0.320 e. The number of halogens is 1. The third-order valence-electron chi connectivity index (χ3n) is 3.49. The van der Waals surface area contributed by atoms with Crippen LogP contribution in [0.4, 0.5) is 10.5 Å². The summed E-state index contributed by atoms with van der Waals surface area (Å²) >= 11 is 5.72. The van der Waals surface area contributed by atoms with Gasteiger partial charge in [-0.1, -0.05) is 36.8 Å². The second-order valence-corrected chi connectivity index (χ2v) is 5.48. The molecule has 0 saturated carbocycles. The Hall–Kier alpha value is -0.995. The third kappa shape index (κ3) is 5.37. The first-order valence-electron chi connectivity index (χ1n) is 7.46. The molecule has 0 bridgehead atoms. The van der Waals surface area contributed by atoms with E-state index in [1.165, 1.54) is 5.46 Å². The lowest BCUT2D eigenvalue weighted by Gasteiger charge is -2.22. The van der Waals surface area contributed by atoms with Crippen LogP contribution >= 0.6 is 11.6 Å². The van der Waals surface area contributed by atoms with Gasteiger partial charge in [-0.15, -0.1) is 0 Å². The Morgan fingerprint density at radius 3 is 2.38 bits per heavy atom. The summed E-state index contributed by atoms with van der Waals surface area (Å²) in [5.41, 5.74) is 4.32. The van der Waals surface area contributed by atoms with Crippen molar-refractivity contribution in [2.45, 2.75) is 40.4 Å². The first-order chi connectivity index (χ1) is 10.0. The molecule has 0 aliphatic heterocycles. The number of carbonyl (C=O) groups is 1. The van der Waals surface area contributed by atoms with Gasteiger partial charge < -0.3 is 4.74 Å². The molecule has 5 heteroatoms. The van der Waals surface area contributed by atoms with Crippen molar-refractivity contribution >= 4 is 35.4 Å². The van der Waals surface area contributed by atoms with Crippen LogP contribution in [0.3, 0.4) is 0 Å². The van der Waals surface area contributed by atoms with Crippen LogP contribution in [0.25, 0.3) is 0 Å². The lowest BCUT2D eigenvalue weighted by atomic mass is 9.69. The van der Waals surface area contributed by atoms with Crippen LogP contribution in [-0.4, -0.2) is 32.4 Å². The summed E-state index contributed by atoms with van der Waals surface area (Å²) in [6, 6.07) is 3.99. The van der Waals surface area contributed by atoms with E-state index in [-0.39, 0.29) is 0 Å². The molecule has 1 aromatic carbocycles. The molecule has 0 atom stereocenters. The molecule has 21 heavy (non-hydrogen) atoms. The van der Waals surface area contributed by atoms with E-state index in [0.717, 1.165) is 36.3 Å². The quantitative estimate of drug-likeness (QED) is 0.317. The Labute approximate surface area is 133 Å². The topological polar surface area (TPSA) is 29.5 Å². The van der Waals surface area contributed by atoms with Gasteiger partial charge >= 0.3 is 5.37 Å². The van der Waals surface area contributed by atoms with E-state index < -0.39 is 5.37 Å². The third-order valence-corrected chi connectivity index (χ3v) is 3.70. The molecule has 1 amide bonds. The van der Waals surface area contributed by atoms with Crippen molar-refractivity contribution in [3.05, 3.63) is 23.3 Å². The minimum absolute atomic E-state index is 0.471. The second kappa shape index (κ2) is 9.11. The molecule has 0 spiro atoms. The van der Waals surface area contributed by atoms with Crippen molar-refractivity contribution in [1.82, 2.24) is 0 Å². The smallest absolute Gasteiger partial charge is 0.320 e. The van der Waals surface area contributed by atoms with Crippen LogP contribution in [0, 0.1) is 13.8 Å². The number of hydrogen-bond acceptors (Lipinski definition) is 2. The molecular formula is C16H24BClNO2. The Morgan fingerprint density at radius 1 is 1.29 bits per heavy atom. The van der Waals surface area contributed by atoms with Crippen LogP contribution in [0.2, 0.25) is 6.82 Å². The van der Waals surface area contributed by atoms with E-state index in [1.54, 1.807) is 4.90 Å². The Balaban J connectivity index is 2.79. The van der Waals surface area contributed by atoms with Crippen LogP contribution in [0.1, 0.15) is 30.9 Å². The minimum Gasteiger partial charge on any atom is -0.380 e. The molecule has 0 saturated heterocycles. The van der Waals surface area contributed by atoms with E-state index in [9.17, 15) is 4.79 Å². The number of hydrogen-bond donors (Lipinski definition) is 0. The number of amides is 1. The van der Waals surface area contributed by atoms with Crippen molar-refractivity contribution in [1.29, 1.82) is 0 Å². The zero-order chi connectivity index (χ0) is 15.8. The molecular weight excluding hydrogens is 284 g/mol. The molecule has 0 N–H and O–H groups in total. The van der Waals surface area contributed by atoms with Gasteiger partial charge in [0.2, 0.25) is 0 Å². The van der Waals surface area contributed by atoms with Crippen molar-refractivity contribution in [2.24, 2.45) is 0 Å². The molecule has 1 radical (unpaired) electrons. The van der Waals surface area contributed by atoms with Gasteiger partial charge in [-0.2, -0.15) is 0 Å². The fourth-order valence-electron chi connectivity index (χ4n) is 2.39. The standard InChI is InChI=1S/C16H24BClNO2/c1-5-6-8-21-9-7-19(16(18)20)14-10-12(2)15(17-4)13(3)11-14/h10-11H,5-9H2,1-4H3. The van der Waals surface area contributed by atoms with E-state index in [1.807, 2.05) is 32.8 Å². The summed E-state index contributed by atoms with van der Waals surface area (Å²) in [4.78, 5) is 13.2. The molecule has 0 aromatic heterocycles. The van der Waals surface area contributed by atoms with Crippen LogP contribution in [-0.2, 0) is 4.74 Å². The Bertz CT molecular complexity index is 456. The van der Waals surface area contributed by atoms with Gasteiger partial charge in [-0.3, -0.25) is 9.69 Å². The molecule has 115 valence electrons. The number of carbonyl (C=O) groups excluding carboxylic acids is 1. The first-order valence-corrected chi connectivity index (χ1v) is 7.84. The predicted octanol–water partition coefficient (Wildman–Crippen LogP) is 3.66.